The molecule has 3 rings (SSSR count). The first kappa shape index (κ1) is 12.2. The number of hydrogen-bond donors (Lipinski definition) is 0. The Hall–Kier alpha value is -1.84. The van der Waals surface area contributed by atoms with Gasteiger partial charge in [0, 0.05) is 26.2 Å². The molecule has 3 heterocycles. The molecule has 0 N–H and O–H groups in total. The van der Waals surface area contributed by atoms with Crippen LogP contribution >= 0.6 is 0 Å². The van der Waals surface area contributed by atoms with Gasteiger partial charge in [0.05, 0.1) is 18.0 Å². The number of imidazole rings is 1. The van der Waals surface area contributed by atoms with Crippen molar-refractivity contribution in [1.82, 2.24) is 14.3 Å². The van der Waals surface area contributed by atoms with Gasteiger partial charge in [0.2, 0.25) is 5.91 Å². The van der Waals surface area contributed by atoms with Crippen LogP contribution in [0.4, 0.5) is 0 Å². The molecule has 0 atom stereocenters. The lowest BCUT2D eigenvalue weighted by Gasteiger charge is -2.31. The van der Waals surface area contributed by atoms with Crippen molar-refractivity contribution in [1.29, 1.82) is 0 Å². The van der Waals surface area contributed by atoms with Gasteiger partial charge in [0.1, 0.15) is 0 Å². The highest BCUT2D eigenvalue weighted by atomic mass is 16.2. The normalized spacial score (nSPS) is 17.1. The molecular weight excluding hydrogens is 238 g/mol. The molecule has 0 aromatic carbocycles. The van der Waals surface area contributed by atoms with Gasteiger partial charge in [0.15, 0.2) is 0 Å². The van der Waals surface area contributed by atoms with E-state index in [4.69, 9.17) is 0 Å². The number of piperidine rings is 1. The Labute approximate surface area is 113 Å². The molecule has 0 bridgehead atoms. The monoisotopic (exact) mass is 257 g/mol. The van der Waals surface area contributed by atoms with Crippen LogP contribution in [0.5, 0.6) is 0 Å². The molecule has 2 aromatic heterocycles. The van der Waals surface area contributed by atoms with Crippen LogP contribution in [-0.2, 0) is 4.79 Å². The van der Waals surface area contributed by atoms with Gasteiger partial charge in [-0.1, -0.05) is 6.07 Å². The van der Waals surface area contributed by atoms with Gasteiger partial charge < -0.3 is 9.30 Å². The summed E-state index contributed by atoms with van der Waals surface area (Å²) in [6, 6.07) is 2.27. The van der Waals surface area contributed by atoms with Crippen molar-refractivity contribution in [2.45, 2.75) is 32.6 Å². The van der Waals surface area contributed by atoms with E-state index >= 15 is 0 Å². The average molecular weight is 257 g/mol. The van der Waals surface area contributed by atoms with Crippen molar-refractivity contribution < 1.29 is 4.79 Å². The molecule has 4 heteroatoms. The smallest absolute Gasteiger partial charge is 0.219 e. The fraction of sp³-hybridized carbons (Fsp3) is 0.467. The van der Waals surface area contributed by atoms with E-state index in [1.807, 2.05) is 17.4 Å². The van der Waals surface area contributed by atoms with Crippen molar-refractivity contribution in [3.05, 3.63) is 35.9 Å². The molecule has 19 heavy (non-hydrogen) atoms. The second-order valence-electron chi connectivity index (χ2n) is 5.44. The summed E-state index contributed by atoms with van der Waals surface area (Å²) in [5.74, 6) is 0.729. The molecule has 1 saturated heterocycles. The second kappa shape index (κ2) is 4.68. The lowest BCUT2D eigenvalue weighted by molar-refractivity contribution is -0.129. The first-order valence-electron chi connectivity index (χ1n) is 6.83. The number of carbonyl (C=O) groups excluding carboxylic acids is 1. The Morgan fingerprint density at radius 2 is 2.11 bits per heavy atom. The minimum Gasteiger partial charge on any atom is -0.343 e. The maximum Gasteiger partial charge on any atom is 0.219 e. The van der Waals surface area contributed by atoms with Crippen molar-refractivity contribution in [2.75, 3.05) is 13.1 Å². The van der Waals surface area contributed by atoms with Crippen molar-refractivity contribution in [3.8, 4) is 0 Å². The summed E-state index contributed by atoms with van der Waals surface area (Å²) in [7, 11) is 0. The summed E-state index contributed by atoms with van der Waals surface area (Å²) < 4.78 is 2.10. The van der Waals surface area contributed by atoms with Crippen LogP contribution in [0.25, 0.3) is 5.52 Å². The van der Waals surface area contributed by atoms with Gasteiger partial charge in [0.25, 0.3) is 0 Å². The minimum absolute atomic E-state index is 0.192. The lowest BCUT2D eigenvalue weighted by Crippen LogP contribution is -2.36. The fourth-order valence-corrected chi connectivity index (χ4v) is 3.04. The van der Waals surface area contributed by atoms with Gasteiger partial charge in [-0.2, -0.15) is 0 Å². The third-order valence-electron chi connectivity index (χ3n) is 4.07. The van der Waals surface area contributed by atoms with E-state index in [1.54, 1.807) is 6.92 Å². The van der Waals surface area contributed by atoms with Crippen LogP contribution in [-0.4, -0.2) is 33.3 Å². The van der Waals surface area contributed by atoms with E-state index in [1.165, 1.54) is 16.6 Å². The Kier molecular flexibility index (Phi) is 3.01. The predicted molar refractivity (Wildman–Crippen MR) is 74.2 cm³/mol. The standard InChI is InChI=1S/C15H19N3O/c1-11-7-14(15-8-16-10-18(15)9-11)13-3-5-17(6-4-13)12(2)19/h7-10,13H,3-6H2,1-2H3. The third kappa shape index (κ3) is 2.23. The first-order chi connectivity index (χ1) is 9.15. The third-order valence-corrected chi connectivity index (χ3v) is 4.07. The van der Waals surface area contributed by atoms with Crippen LogP contribution in [0.2, 0.25) is 0 Å². The molecule has 0 aliphatic carbocycles. The molecular formula is C15H19N3O. The predicted octanol–water partition coefficient (Wildman–Crippen LogP) is 2.37. The zero-order chi connectivity index (χ0) is 13.4. The fourth-order valence-electron chi connectivity index (χ4n) is 3.04. The van der Waals surface area contributed by atoms with E-state index in [0.717, 1.165) is 25.9 Å². The highest BCUT2D eigenvalue weighted by molar-refractivity contribution is 5.73. The second-order valence-corrected chi connectivity index (χ2v) is 5.44. The van der Waals surface area contributed by atoms with E-state index in [9.17, 15) is 4.79 Å². The molecule has 1 aliphatic heterocycles. The number of aromatic nitrogens is 2. The molecule has 0 spiro atoms. The van der Waals surface area contributed by atoms with Crippen LogP contribution in [0.3, 0.4) is 0 Å². The molecule has 0 radical (unpaired) electrons. The van der Waals surface area contributed by atoms with Crippen molar-refractivity contribution in [2.24, 2.45) is 0 Å². The highest BCUT2D eigenvalue weighted by Gasteiger charge is 2.23. The Morgan fingerprint density at radius 3 is 2.79 bits per heavy atom. The summed E-state index contributed by atoms with van der Waals surface area (Å²) in [5, 5.41) is 0. The summed E-state index contributed by atoms with van der Waals surface area (Å²) in [6.45, 7) is 5.51. The number of hydrogen-bond acceptors (Lipinski definition) is 2. The van der Waals surface area contributed by atoms with Crippen LogP contribution in [0, 0.1) is 6.92 Å². The Balaban J connectivity index is 1.89. The molecule has 1 fully saturated rings. The topological polar surface area (TPSA) is 37.6 Å². The molecule has 100 valence electrons. The molecule has 0 unspecified atom stereocenters. The summed E-state index contributed by atoms with van der Waals surface area (Å²) in [5.41, 5.74) is 3.84. The molecule has 0 saturated carbocycles. The zero-order valence-electron chi connectivity index (χ0n) is 11.5. The largest absolute Gasteiger partial charge is 0.343 e. The number of fused-ring (bicyclic) bond motifs is 1. The van der Waals surface area contributed by atoms with Gasteiger partial charge in [-0.15, -0.1) is 0 Å². The van der Waals surface area contributed by atoms with E-state index < -0.39 is 0 Å². The number of rotatable bonds is 1. The first-order valence-corrected chi connectivity index (χ1v) is 6.83. The van der Waals surface area contributed by atoms with Gasteiger partial charge in [-0.25, -0.2) is 4.98 Å². The number of carbonyl (C=O) groups is 1. The molecule has 4 nitrogen and oxygen atoms in total. The number of aryl methyl sites for hydroxylation is 1. The van der Waals surface area contributed by atoms with E-state index in [2.05, 4.69) is 28.6 Å². The maximum absolute atomic E-state index is 11.4. The number of nitrogens with zero attached hydrogens (tertiary/aromatic N) is 3. The lowest BCUT2D eigenvalue weighted by atomic mass is 9.88. The minimum atomic E-state index is 0.192. The highest BCUT2D eigenvalue weighted by Crippen LogP contribution is 2.31. The molecule has 1 amide bonds. The van der Waals surface area contributed by atoms with Crippen molar-refractivity contribution >= 4 is 11.4 Å². The van der Waals surface area contributed by atoms with Gasteiger partial charge >= 0.3 is 0 Å². The Bertz CT molecular complexity index is 609. The van der Waals surface area contributed by atoms with Gasteiger partial charge in [-0.05, 0) is 36.8 Å². The Morgan fingerprint density at radius 1 is 1.37 bits per heavy atom. The number of pyridine rings is 1. The summed E-state index contributed by atoms with van der Waals surface area (Å²) >= 11 is 0. The quantitative estimate of drug-likeness (QED) is 0.786. The SMILES string of the molecule is CC(=O)N1CCC(c2cc(C)cn3cncc23)CC1. The number of amides is 1. The van der Waals surface area contributed by atoms with E-state index in [-0.39, 0.29) is 5.91 Å². The van der Waals surface area contributed by atoms with Gasteiger partial charge in [-0.3, -0.25) is 4.79 Å². The summed E-state index contributed by atoms with van der Waals surface area (Å²) in [6.07, 6.45) is 7.99. The molecule has 1 aliphatic rings. The average Bonchev–Trinajstić information content (AvgIpc) is 2.85. The summed E-state index contributed by atoms with van der Waals surface area (Å²) in [4.78, 5) is 17.6. The van der Waals surface area contributed by atoms with Crippen LogP contribution < -0.4 is 0 Å². The maximum atomic E-state index is 11.4. The zero-order valence-corrected chi connectivity index (χ0v) is 11.5. The van der Waals surface area contributed by atoms with Crippen molar-refractivity contribution in [3.63, 3.8) is 0 Å². The number of likely N-dealkylation sites (tertiary alicyclic amines) is 1. The van der Waals surface area contributed by atoms with Crippen LogP contribution in [0.1, 0.15) is 36.8 Å². The van der Waals surface area contributed by atoms with E-state index in [0.29, 0.717) is 5.92 Å². The van der Waals surface area contributed by atoms with Crippen LogP contribution in [0.15, 0.2) is 24.8 Å². The molecule has 2 aromatic rings.